The van der Waals surface area contributed by atoms with E-state index in [0.29, 0.717) is 18.0 Å². The molecule has 1 aromatic heterocycles. The predicted octanol–water partition coefficient (Wildman–Crippen LogP) is 7.12. The van der Waals surface area contributed by atoms with Crippen LogP contribution in [0.25, 0.3) is 11.0 Å². The van der Waals surface area contributed by atoms with Crippen LogP contribution in [0, 0.1) is 0 Å². The first-order valence-corrected chi connectivity index (χ1v) is 13.0. The zero-order valence-corrected chi connectivity index (χ0v) is 20.7. The molecule has 178 valence electrons. The highest BCUT2D eigenvalue weighted by Crippen LogP contribution is 2.19. The molecule has 1 amide bonds. The molecule has 0 aliphatic carbocycles. The highest BCUT2D eigenvalue weighted by atomic mass is 35.5. The van der Waals surface area contributed by atoms with Crippen LogP contribution in [-0.2, 0) is 24.2 Å². The van der Waals surface area contributed by atoms with Crippen LogP contribution in [0.1, 0.15) is 76.1 Å². The highest BCUT2D eigenvalue weighted by Gasteiger charge is 2.11. The molecule has 0 aliphatic rings. The Morgan fingerprint density at radius 3 is 2.39 bits per heavy atom. The molecule has 0 saturated heterocycles. The summed E-state index contributed by atoms with van der Waals surface area (Å²) in [6, 6.07) is 15.9. The summed E-state index contributed by atoms with van der Waals surface area (Å²) in [5, 5.41) is 3.67. The van der Waals surface area contributed by atoms with Crippen LogP contribution >= 0.6 is 11.6 Å². The van der Waals surface area contributed by atoms with Crippen molar-refractivity contribution in [1.29, 1.82) is 0 Å². The lowest BCUT2D eigenvalue weighted by Gasteiger charge is -2.10. The summed E-state index contributed by atoms with van der Waals surface area (Å²) in [5.41, 5.74) is 3.15. The quantitative estimate of drug-likeness (QED) is 0.242. The fraction of sp³-hybridized carbons (Fsp3) is 0.500. The zero-order valence-electron chi connectivity index (χ0n) is 20.0. The van der Waals surface area contributed by atoms with Gasteiger partial charge < -0.3 is 9.88 Å². The largest absolute Gasteiger partial charge is 0.356 e. The first kappa shape index (κ1) is 25.3. The molecule has 0 atom stereocenters. The molecular formula is C28H38ClN3O. The molecule has 33 heavy (non-hydrogen) atoms. The number of benzene rings is 2. The number of halogens is 1. The lowest BCUT2D eigenvalue weighted by atomic mass is 10.1. The molecule has 0 fully saturated rings. The minimum Gasteiger partial charge on any atom is -0.356 e. The van der Waals surface area contributed by atoms with E-state index in [4.69, 9.17) is 16.6 Å². The lowest BCUT2D eigenvalue weighted by Crippen LogP contribution is -2.26. The van der Waals surface area contributed by atoms with Gasteiger partial charge in [-0.3, -0.25) is 4.79 Å². The molecule has 0 saturated carbocycles. The maximum absolute atomic E-state index is 12.3. The molecule has 0 unspecified atom stereocenters. The lowest BCUT2D eigenvalue weighted by molar-refractivity contribution is -0.120. The Balaban J connectivity index is 1.45. The average molecular weight is 468 g/mol. The van der Waals surface area contributed by atoms with Crippen LogP contribution in [0.4, 0.5) is 0 Å². The number of unbranched alkanes of at least 4 members (excludes halogenated alkanes) is 7. The molecule has 2 aromatic carbocycles. The Morgan fingerprint density at radius 1 is 0.909 bits per heavy atom. The van der Waals surface area contributed by atoms with Crippen LogP contribution in [0.15, 0.2) is 48.5 Å². The molecule has 3 aromatic rings. The first-order chi connectivity index (χ1) is 16.2. The zero-order chi connectivity index (χ0) is 23.3. The van der Waals surface area contributed by atoms with Crippen molar-refractivity contribution in [1.82, 2.24) is 14.9 Å². The second kappa shape index (κ2) is 14.0. The van der Waals surface area contributed by atoms with Crippen LogP contribution < -0.4 is 5.32 Å². The van der Waals surface area contributed by atoms with Crippen LogP contribution in [0.2, 0.25) is 5.02 Å². The maximum Gasteiger partial charge on any atom is 0.224 e. The van der Waals surface area contributed by atoms with Crippen LogP contribution in [-0.4, -0.2) is 22.0 Å². The van der Waals surface area contributed by atoms with Crippen molar-refractivity contribution >= 4 is 28.5 Å². The number of carbonyl (C=O) groups excluding carboxylic acids is 1. The van der Waals surface area contributed by atoms with E-state index >= 15 is 0 Å². The van der Waals surface area contributed by atoms with Gasteiger partial charge in [0.25, 0.3) is 0 Å². The molecule has 0 radical (unpaired) electrons. The van der Waals surface area contributed by atoms with E-state index in [0.717, 1.165) is 36.3 Å². The van der Waals surface area contributed by atoms with Crippen molar-refractivity contribution in [3.8, 4) is 0 Å². The summed E-state index contributed by atoms with van der Waals surface area (Å²) in [4.78, 5) is 17.2. The molecule has 1 N–H and O–H groups in total. The number of aryl methyl sites for hydroxylation is 2. The van der Waals surface area contributed by atoms with Gasteiger partial charge in [0.1, 0.15) is 5.82 Å². The molecule has 0 bridgehead atoms. The number of hydrogen-bond donors (Lipinski definition) is 1. The number of nitrogens with zero attached hydrogens (tertiary/aromatic N) is 2. The van der Waals surface area contributed by atoms with Gasteiger partial charge in [-0.2, -0.15) is 0 Å². The number of para-hydroxylation sites is 2. The summed E-state index contributed by atoms with van der Waals surface area (Å²) < 4.78 is 2.39. The summed E-state index contributed by atoms with van der Waals surface area (Å²) in [6.45, 7) is 3.93. The van der Waals surface area contributed by atoms with Gasteiger partial charge in [-0.15, -0.1) is 0 Å². The van der Waals surface area contributed by atoms with Crippen LogP contribution in [0.5, 0.6) is 0 Å². The van der Waals surface area contributed by atoms with E-state index < -0.39 is 0 Å². The van der Waals surface area contributed by atoms with E-state index in [1.807, 2.05) is 24.3 Å². The molecule has 1 heterocycles. The Labute approximate surface area is 203 Å². The minimum atomic E-state index is 0.00976. The number of carbonyl (C=O) groups is 1. The standard InChI is InChI=1S/C28H38ClN3O/c1-2-3-4-5-6-7-8-13-21-32-26-18-12-11-17-25(26)31-27(32)19-14-20-30-28(33)22-23-15-9-10-16-24(23)29/h9-12,15-18H,2-8,13-14,19-22H2,1H3,(H,30,33). The molecule has 3 rings (SSSR count). The summed E-state index contributed by atoms with van der Waals surface area (Å²) in [6.07, 6.45) is 12.6. The van der Waals surface area contributed by atoms with Crippen molar-refractivity contribution < 1.29 is 4.79 Å². The van der Waals surface area contributed by atoms with Gasteiger partial charge >= 0.3 is 0 Å². The normalized spacial score (nSPS) is 11.2. The second-order valence-electron chi connectivity index (χ2n) is 8.86. The van der Waals surface area contributed by atoms with E-state index in [1.54, 1.807) is 0 Å². The van der Waals surface area contributed by atoms with Gasteiger partial charge in [0, 0.05) is 24.5 Å². The van der Waals surface area contributed by atoms with Gasteiger partial charge in [0.05, 0.1) is 17.5 Å². The van der Waals surface area contributed by atoms with Gasteiger partial charge in [0.2, 0.25) is 5.91 Å². The third-order valence-electron chi connectivity index (χ3n) is 6.18. The topological polar surface area (TPSA) is 46.9 Å². The molecule has 0 spiro atoms. The number of amides is 1. The number of aromatic nitrogens is 2. The second-order valence-corrected chi connectivity index (χ2v) is 9.27. The molecule has 0 aliphatic heterocycles. The SMILES string of the molecule is CCCCCCCCCCn1c(CCCNC(=O)Cc2ccccc2Cl)nc2ccccc21. The van der Waals surface area contributed by atoms with Gasteiger partial charge in [0.15, 0.2) is 0 Å². The third-order valence-corrected chi connectivity index (χ3v) is 6.55. The Kier molecular flexibility index (Phi) is 10.8. The Hall–Kier alpha value is -2.33. The Morgan fingerprint density at radius 2 is 1.61 bits per heavy atom. The van der Waals surface area contributed by atoms with Crippen LogP contribution in [0.3, 0.4) is 0 Å². The van der Waals surface area contributed by atoms with Gasteiger partial charge in [-0.1, -0.05) is 93.8 Å². The van der Waals surface area contributed by atoms with Crippen molar-refractivity contribution in [3.05, 3.63) is 64.9 Å². The third kappa shape index (κ3) is 8.19. The van der Waals surface area contributed by atoms with E-state index in [2.05, 4.69) is 41.1 Å². The Bertz CT molecular complexity index is 998. The van der Waals surface area contributed by atoms with E-state index in [9.17, 15) is 4.79 Å². The predicted molar refractivity (Wildman–Crippen MR) is 139 cm³/mol. The summed E-state index contributed by atoms with van der Waals surface area (Å²) >= 11 is 6.16. The van der Waals surface area contributed by atoms with E-state index in [-0.39, 0.29) is 5.91 Å². The van der Waals surface area contributed by atoms with E-state index in [1.165, 1.54) is 56.9 Å². The number of fused-ring (bicyclic) bond motifs is 1. The van der Waals surface area contributed by atoms with Crippen molar-refractivity contribution in [2.45, 2.75) is 84.1 Å². The number of nitrogens with one attached hydrogen (secondary N) is 1. The van der Waals surface area contributed by atoms with Gasteiger partial charge in [-0.05, 0) is 36.6 Å². The van der Waals surface area contributed by atoms with Crippen molar-refractivity contribution in [3.63, 3.8) is 0 Å². The monoisotopic (exact) mass is 467 g/mol. The number of rotatable bonds is 15. The number of hydrogen-bond acceptors (Lipinski definition) is 2. The molecular weight excluding hydrogens is 430 g/mol. The summed E-state index contributed by atoms with van der Waals surface area (Å²) in [7, 11) is 0. The summed E-state index contributed by atoms with van der Waals surface area (Å²) in [5.74, 6) is 1.13. The minimum absolute atomic E-state index is 0.00976. The fourth-order valence-corrected chi connectivity index (χ4v) is 4.52. The van der Waals surface area contributed by atoms with Crippen molar-refractivity contribution in [2.75, 3.05) is 6.54 Å². The highest BCUT2D eigenvalue weighted by molar-refractivity contribution is 6.31. The van der Waals surface area contributed by atoms with Gasteiger partial charge in [-0.25, -0.2) is 4.98 Å². The smallest absolute Gasteiger partial charge is 0.224 e. The first-order valence-electron chi connectivity index (χ1n) is 12.6. The fourth-order valence-electron chi connectivity index (χ4n) is 4.32. The maximum atomic E-state index is 12.3. The molecule has 4 nitrogen and oxygen atoms in total. The van der Waals surface area contributed by atoms with Crippen molar-refractivity contribution in [2.24, 2.45) is 0 Å². The molecule has 5 heteroatoms. The average Bonchev–Trinajstić information content (AvgIpc) is 3.17. The number of imidazole rings is 1.